The predicted octanol–water partition coefficient (Wildman–Crippen LogP) is 3.02. The van der Waals surface area contributed by atoms with Crippen LogP contribution in [0.5, 0.6) is 5.75 Å². The standard InChI is InChI=1S/C15H22N2O/c1-3-9-18-15-6-4-5-14-13(15)7-8-17(14)11-12(2)10-16/h4-8,12H,3,9-11,16H2,1-2H3. The lowest BCUT2D eigenvalue weighted by atomic mass is 10.2. The number of nitrogens with zero attached hydrogens (tertiary/aromatic N) is 1. The molecule has 1 aromatic carbocycles. The highest BCUT2D eigenvalue weighted by Crippen LogP contribution is 2.27. The van der Waals surface area contributed by atoms with Crippen molar-refractivity contribution in [3.05, 3.63) is 30.5 Å². The smallest absolute Gasteiger partial charge is 0.128 e. The molecular formula is C15H22N2O. The summed E-state index contributed by atoms with van der Waals surface area (Å²) in [6, 6.07) is 8.35. The average Bonchev–Trinajstić information content (AvgIpc) is 2.80. The molecule has 2 N–H and O–H groups in total. The van der Waals surface area contributed by atoms with Crippen LogP contribution in [0.2, 0.25) is 0 Å². The average molecular weight is 246 g/mol. The van der Waals surface area contributed by atoms with Crippen molar-refractivity contribution >= 4 is 10.9 Å². The molecular weight excluding hydrogens is 224 g/mol. The lowest BCUT2D eigenvalue weighted by Gasteiger charge is -2.12. The highest BCUT2D eigenvalue weighted by molar-refractivity contribution is 5.86. The van der Waals surface area contributed by atoms with Gasteiger partial charge in [0.25, 0.3) is 0 Å². The van der Waals surface area contributed by atoms with Gasteiger partial charge in [-0.1, -0.05) is 19.9 Å². The summed E-state index contributed by atoms with van der Waals surface area (Å²) in [4.78, 5) is 0. The van der Waals surface area contributed by atoms with Crippen LogP contribution >= 0.6 is 0 Å². The molecule has 98 valence electrons. The van der Waals surface area contributed by atoms with E-state index in [4.69, 9.17) is 10.5 Å². The molecule has 0 aliphatic rings. The lowest BCUT2D eigenvalue weighted by molar-refractivity contribution is 0.321. The second kappa shape index (κ2) is 5.91. The largest absolute Gasteiger partial charge is 0.493 e. The van der Waals surface area contributed by atoms with E-state index in [1.165, 1.54) is 10.9 Å². The molecule has 1 heterocycles. The summed E-state index contributed by atoms with van der Waals surface area (Å²) in [5, 5.41) is 1.19. The topological polar surface area (TPSA) is 40.2 Å². The van der Waals surface area contributed by atoms with E-state index in [0.717, 1.165) is 25.3 Å². The Morgan fingerprint density at radius 3 is 2.89 bits per heavy atom. The van der Waals surface area contributed by atoms with Gasteiger partial charge in [-0.2, -0.15) is 0 Å². The first kappa shape index (κ1) is 13.0. The van der Waals surface area contributed by atoms with Crippen LogP contribution in [0.1, 0.15) is 20.3 Å². The minimum absolute atomic E-state index is 0.487. The van der Waals surface area contributed by atoms with Crippen molar-refractivity contribution in [3.8, 4) is 5.75 Å². The maximum Gasteiger partial charge on any atom is 0.128 e. The molecule has 0 spiro atoms. The van der Waals surface area contributed by atoms with Crippen LogP contribution in [0.15, 0.2) is 30.5 Å². The maximum absolute atomic E-state index is 5.78. The van der Waals surface area contributed by atoms with Crippen LogP contribution in [-0.4, -0.2) is 17.7 Å². The second-order valence-electron chi connectivity index (χ2n) is 4.85. The number of benzene rings is 1. The summed E-state index contributed by atoms with van der Waals surface area (Å²) in [6.45, 7) is 6.73. The Bertz CT molecular complexity index is 504. The van der Waals surface area contributed by atoms with E-state index in [1.807, 2.05) is 6.07 Å². The van der Waals surface area contributed by atoms with Crippen molar-refractivity contribution in [3.63, 3.8) is 0 Å². The van der Waals surface area contributed by atoms with Gasteiger partial charge < -0.3 is 15.0 Å². The summed E-state index contributed by atoms with van der Waals surface area (Å²) >= 11 is 0. The molecule has 2 rings (SSSR count). The number of ether oxygens (including phenoxy) is 1. The van der Waals surface area contributed by atoms with Crippen molar-refractivity contribution < 1.29 is 4.74 Å². The van der Waals surface area contributed by atoms with E-state index in [2.05, 4.69) is 42.8 Å². The molecule has 0 saturated heterocycles. The molecule has 0 fully saturated rings. The SMILES string of the molecule is CCCOc1cccc2c1ccn2CC(C)CN. The first-order chi connectivity index (χ1) is 8.76. The second-order valence-corrected chi connectivity index (χ2v) is 4.85. The fourth-order valence-electron chi connectivity index (χ4n) is 2.10. The van der Waals surface area contributed by atoms with E-state index in [0.29, 0.717) is 12.5 Å². The normalized spacial score (nSPS) is 12.8. The Kier molecular flexibility index (Phi) is 4.26. The van der Waals surface area contributed by atoms with Gasteiger partial charge in [-0.05, 0) is 37.1 Å². The number of rotatable bonds is 6. The third-order valence-corrected chi connectivity index (χ3v) is 3.15. The predicted molar refractivity (Wildman–Crippen MR) is 75.9 cm³/mol. The van der Waals surface area contributed by atoms with Crippen molar-refractivity contribution in [1.29, 1.82) is 0 Å². The highest BCUT2D eigenvalue weighted by atomic mass is 16.5. The molecule has 0 amide bonds. The molecule has 0 bridgehead atoms. The molecule has 3 heteroatoms. The molecule has 0 radical (unpaired) electrons. The summed E-state index contributed by atoms with van der Waals surface area (Å²) < 4.78 is 8.03. The Hall–Kier alpha value is -1.48. The van der Waals surface area contributed by atoms with Gasteiger partial charge in [-0.25, -0.2) is 0 Å². The molecule has 3 nitrogen and oxygen atoms in total. The number of aromatic nitrogens is 1. The lowest BCUT2D eigenvalue weighted by Crippen LogP contribution is -2.16. The van der Waals surface area contributed by atoms with Crippen LogP contribution < -0.4 is 10.5 Å². The summed E-state index contributed by atoms with van der Waals surface area (Å²) in [6.07, 6.45) is 3.15. The van der Waals surface area contributed by atoms with Gasteiger partial charge in [0.1, 0.15) is 5.75 Å². The zero-order valence-corrected chi connectivity index (χ0v) is 11.2. The van der Waals surface area contributed by atoms with E-state index >= 15 is 0 Å². The van der Waals surface area contributed by atoms with Gasteiger partial charge in [-0.15, -0.1) is 0 Å². The first-order valence-electron chi connectivity index (χ1n) is 6.67. The molecule has 18 heavy (non-hydrogen) atoms. The Morgan fingerprint density at radius 1 is 1.33 bits per heavy atom. The Morgan fingerprint density at radius 2 is 2.17 bits per heavy atom. The summed E-state index contributed by atoms with van der Waals surface area (Å²) in [5.74, 6) is 1.47. The number of fused-ring (bicyclic) bond motifs is 1. The summed E-state index contributed by atoms with van der Waals surface area (Å²) in [7, 11) is 0. The molecule has 0 saturated carbocycles. The molecule has 2 aromatic rings. The monoisotopic (exact) mass is 246 g/mol. The number of nitrogens with two attached hydrogens (primary N) is 1. The molecule has 0 aliphatic heterocycles. The van der Waals surface area contributed by atoms with E-state index in [1.54, 1.807) is 0 Å². The first-order valence-corrected chi connectivity index (χ1v) is 6.67. The third-order valence-electron chi connectivity index (χ3n) is 3.15. The zero-order chi connectivity index (χ0) is 13.0. The molecule has 1 aromatic heterocycles. The van der Waals surface area contributed by atoms with E-state index in [9.17, 15) is 0 Å². The minimum Gasteiger partial charge on any atom is -0.493 e. The number of hydrogen-bond acceptors (Lipinski definition) is 2. The zero-order valence-electron chi connectivity index (χ0n) is 11.2. The number of hydrogen-bond donors (Lipinski definition) is 1. The maximum atomic E-state index is 5.78. The van der Waals surface area contributed by atoms with Gasteiger partial charge >= 0.3 is 0 Å². The van der Waals surface area contributed by atoms with Crippen LogP contribution in [-0.2, 0) is 6.54 Å². The Labute approximate surface area is 109 Å². The molecule has 0 aliphatic carbocycles. The fraction of sp³-hybridized carbons (Fsp3) is 0.467. The van der Waals surface area contributed by atoms with Gasteiger partial charge in [0, 0.05) is 18.1 Å². The quantitative estimate of drug-likeness (QED) is 0.851. The highest BCUT2D eigenvalue weighted by Gasteiger charge is 2.08. The van der Waals surface area contributed by atoms with Crippen molar-refractivity contribution in [2.24, 2.45) is 11.7 Å². The van der Waals surface area contributed by atoms with E-state index < -0.39 is 0 Å². The van der Waals surface area contributed by atoms with Crippen LogP contribution in [0, 0.1) is 5.92 Å². The van der Waals surface area contributed by atoms with Gasteiger partial charge in [-0.3, -0.25) is 0 Å². The third kappa shape index (κ3) is 2.67. The summed E-state index contributed by atoms with van der Waals surface area (Å²) in [5.41, 5.74) is 6.92. The van der Waals surface area contributed by atoms with Crippen molar-refractivity contribution in [1.82, 2.24) is 4.57 Å². The van der Waals surface area contributed by atoms with Gasteiger partial charge in [0.15, 0.2) is 0 Å². The van der Waals surface area contributed by atoms with Crippen LogP contribution in [0.4, 0.5) is 0 Å². The van der Waals surface area contributed by atoms with E-state index in [-0.39, 0.29) is 0 Å². The van der Waals surface area contributed by atoms with Crippen molar-refractivity contribution in [2.45, 2.75) is 26.8 Å². The molecule has 1 atom stereocenters. The van der Waals surface area contributed by atoms with Crippen molar-refractivity contribution in [2.75, 3.05) is 13.2 Å². The van der Waals surface area contributed by atoms with Gasteiger partial charge in [0.2, 0.25) is 0 Å². The molecule has 1 unspecified atom stereocenters. The minimum atomic E-state index is 0.487. The van der Waals surface area contributed by atoms with Crippen LogP contribution in [0.25, 0.3) is 10.9 Å². The Balaban J connectivity index is 2.29. The fourth-order valence-corrected chi connectivity index (χ4v) is 2.10. The van der Waals surface area contributed by atoms with Crippen LogP contribution in [0.3, 0.4) is 0 Å². The van der Waals surface area contributed by atoms with Gasteiger partial charge in [0.05, 0.1) is 12.1 Å².